The number of fused-ring (bicyclic) bond motifs is 1. The lowest BCUT2D eigenvalue weighted by Gasteiger charge is -2.34. The molecule has 3 aromatic heterocycles. The van der Waals surface area contributed by atoms with Crippen molar-refractivity contribution in [2.24, 2.45) is 5.92 Å². The Bertz CT molecular complexity index is 1700. The first-order chi connectivity index (χ1) is 21.1. The van der Waals surface area contributed by atoms with Gasteiger partial charge in [0.2, 0.25) is 11.3 Å². The van der Waals surface area contributed by atoms with Crippen LogP contribution in [0.4, 0.5) is 0 Å². The molecule has 3 atom stereocenters. The Morgan fingerprint density at radius 2 is 1.98 bits per heavy atom. The van der Waals surface area contributed by atoms with E-state index in [2.05, 4.69) is 35.0 Å². The van der Waals surface area contributed by atoms with Crippen molar-refractivity contribution in [3.8, 4) is 10.8 Å². The van der Waals surface area contributed by atoms with Crippen LogP contribution in [0.15, 0.2) is 45.9 Å². The molecule has 1 aliphatic heterocycles. The van der Waals surface area contributed by atoms with Gasteiger partial charge in [0.1, 0.15) is 28.3 Å². The molecule has 11 heteroatoms. The molecule has 0 amide bonds. The SMILES string of the molecule is COCN1CCC(O[C@H](Cn2nc(C(C)(C)C(=O)O)c(=O)c3c(C)c(-c4ncco4)sc32)c2ccccc2C2CC2C)CC1. The highest BCUT2D eigenvalue weighted by Crippen LogP contribution is 2.49. The third-order valence-corrected chi connectivity index (χ3v) is 10.5. The van der Waals surface area contributed by atoms with Crippen LogP contribution < -0.4 is 5.43 Å². The molecular formula is C33H40N4O6S. The van der Waals surface area contributed by atoms with Gasteiger partial charge in [-0.15, -0.1) is 11.3 Å². The number of carboxylic acid groups (broad SMARTS) is 1. The highest BCUT2D eigenvalue weighted by Gasteiger charge is 2.39. The lowest BCUT2D eigenvalue weighted by atomic mass is 9.88. The molecule has 44 heavy (non-hydrogen) atoms. The number of nitrogens with zero attached hydrogens (tertiary/aromatic N) is 4. The third-order valence-electron chi connectivity index (χ3n) is 9.17. The standard InChI is InChI=1S/C33H40N4O6S/c1-19-16-24(19)22-8-6-7-9-23(22)25(43-21-10-13-36(14-11-21)18-41-5)17-37-31-26(20(2)28(44-31)30-34-12-15-42-30)27(38)29(35-37)33(3,4)32(39)40/h6-9,12,15,19,21,24-25H,10-11,13-14,16-18H2,1-5H3,(H,39,40)/t19?,24?,25-/m1/s1. The highest BCUT2D eigenvalue weighted by molar-refractivity contribution is 7.22. The molecule has 6 rings (SSSR count). The summed E-state index contributed by atoms with van der Waals surface area (Å²) in [4.78, 5) is 34.3. The monoisotopic (exact) mass is 620 g/mol. The summed E-state index contributed by atoms with van der Waals surface area (Å²) in [6.45, 7) is 9.86. The first kappa shape index (κ1) is 30.6. The maximum Gasteiger partial charge on any atom is 0.315 e. The van der Waals surface area contributed by atoms with E-state index in [0.717, 1.165) is 42.8 Å². The number of ether oxygens (including phenoxy) is 2. The molecule has 2 unspecified atom stereocenters. The normalized spacial score (nSPS) is 20.3. The fourth-order valence-corrected chi connectivity index (χ4v) is 7.51. The number of thiophene rings is 1. The van der Waals surface area contributed by atoms with E-state index in [1.807, 2.05) is 13.0 Å². The topological polar surface area (TPSA) is 120 Å². The van der Waals surface area contributed by atoms with Gasteiger partial charge in [0, 0.05) is 20.2 Å². The Kier molecular flexibility index (Phi) is 8.49. The second-order valence-corrected chi connectivity index (χ2v) is 13.7. The predicted octanol–water partition coefficient (Wildman–Crippen LogP) is 5.73. The minimum absolute atomic E-state index is 0.00641. The third kappa shape index (κ3) is 5.74. The quantitative estimate of drug-likeness (QED) is 0.224. The molecule has 10 nitrogen and oxygen atoms in total. The number of likely N-dealkylation sites (tertiary alicyclic amines) is 1. The molecule has 1 saturated carbocycles. The number of aromatic nitrogens is 3. The Labute approximate surface area is 260 Å². The van der Waals surface area contributed by atoms with Crippen molar-refractivity contribution in [3.05, 3.63) is 69.3 Å². The molecule has 1 aromatic carbocycles. The zero-order valence-corrected chi connectivity index (χ0v) is 26.7. The van der Waals surface area contributed by atoms with Crippen LogP contribution in [0.25, 0.3) is 21.0 Å². The maximum atomic E-state index is 14.0. The first-order valence-electron chi connectivity index (χ1n) is 15.2. The average Bonchev–Trinajstić information content (AvgIpc) is 3.34. The minimum Gasteiger partial charge on any atom is -0.481 e. The van der Waals surface area contributed by atoms with Crippen LogP contribution in [0.3, 0.4) is 0 Å². The summed E-state index contributed by atoms with van der Waals surface area (Å²) in [7, 11) is 1.71. The van der Waals surface area contributed by atoms with Crippen LogP contribution in [0.5, 0.6) is 0 Å². The number of hydrogen-bond donors (Lipinski definition) is 1. The van der Waals surface area contributed by atoms with Crippen LogP contribution >= 0.6 is 11.3 Å². The molecule has 2 aliphatic rings. The van der Waals surface area contributed by atoms with E-state index in [0.29, 0.717) is 46.8 Å². The molecule has 4 aromatic rings. The van der Waals surface area contributed by atoms with Crippen molar-refractivity contribution in [2.45, 2.75) is 77.0 Å². The number of piperidine rings is 1. The minimum atomic E-state index is -1.50. The molecule has 1 aliphatic carbocycles. The van der Waals surface area contributed by atoms with E-state index in [4.69, 9.17) is 19.0 Å². The van der Waals surface area contributed by atoms with Gasteiger partial charge in [-0.05, 0) is 68.6 Å². The van der Waals surface area contributed by atoms with E-state index in [-0.39, 0.29) is 23.3 Å². The highest BCUT2D eigenvalue weighted by atomic mass is 32.1. The van der Waals surface area contributed by atoms with Gasteiger partial charge in [-0.3, -0.25) is 19.2 Å². The van der Waals surface area contributed by atoms with Crippen molar-refractivity contribution in [1.29, 1.82) is 0 Å². The summed E-state index contributed by atoms with van der Waals surface area (Å²) in [5, 5.41) is 15.4. The van der Waals surface area contributed by atoms with Crippen LogP contribution in [0, 0.1) is 12.8 Å². The van der Waals surface area contributed by atoms with Crippen molar-refractivity contribution in [1.82, 2.24) is 19.7 Å². The van der Waals surface area contributed by atoms with E-state index in [9.17, 15) is 14.7 Å². The molecule has 0 spiro atoms. The zero-order valence-electron chi connectivity index (χ0n) is 25.9. The van der Waals surface area contributed by atoms with Crippen LogP contribution in [0.2, 0.25) is 0 Å². The maximum absolute atomic E-state index is 14.0. The fourth-order valence-electron chi connectivity index (χ4n) is 6.31. The molecule has 2 fully saturated rings. The summed E-state index contributed by atoms with van der Waals surface area (Å²) in [6.07, 6.45) is 5.64. The van der Waals surface area contributed by atoms with E-state index >= 15 is 0 Å². The number of carboxylic acids is 1. The van der Waals surface area contributed by atoms with E-state index < -0.39 is 11.4 Å². The van der Waals surface area contributed by atoms with Crippen LogP contribution in [-0.4, -0.2) is 63.8 Å². The van der Waals surface area contributed by atoms with Gasteiger partial charge in [0.15, 0.2) is 0 Å². The van der Waals surface area contributed by atoms with Crippen molar-refractivity contribution in [3.63, 3.8) is 0 Å². The average molecular weight is 621 g/mol. The predicted molar refractivity (Wildman–Crippen MR) is 168 cm³/mol. The zero-order chi connectivity index (χ0) is 31.2. The van der Waals surface area contributed by atoms with Crippen LogP contribution in [0.1, 0.15) is 74.4 Å². The molecule has 1 saturated heterocycles. The van der Waals surface area contributed by atoms with Gasteiger partial charge in [0.25, 0.3) is 0 Å². The largest absolute Gasteiger partial charge is 0.481 e. The summed E-state index contributed by atoms with van der Waals surface area (Å²) in [6, 6.07) is 8.47. The summed E-state index contributed by atoms with van der Waals surface area (Å²) < 4.78 is 19.7. The number of rotatable bonds is 11. The second kappa shape index (κ2) is 12.2. The van der Waals surface area contributed by atoms with Crippen molar-refractivity contribution < 1.29 is 23.8 Å². The number of aryl methyl sites for hydroxylation is 1. The van der Waals surface area contributed by atoms with Crippen molar-refractivity contribution >= 4 is 27.5 Å². The van der Waals surface area contributed by atoms with Crippen molar-refractivity contribution in [2.75, 3.05) is 26.9 Å². The molecule has 0 bridgehead atoms. The number of aliphatic carboxylic acids is 1. The van der Waals surface area contributed by atoms with Gasteiger partial charge >= 0.3 is 5.97 Å². The molecule has 1 N–H and O–H groups in total. The summed E-state index contributed by atoms with van der Waals surface area (Å²) >= 11 is 1.38. The first-order valence-corrected chi connectivity index (χ1v) is 16.0. The summed E-state index contributed by atoms with van der Waals surface area (Å²) in [5.41, 5.74) is 1.21. The molecule has 234 valence electrons. The molecular weight excluding hydrogens is 580 g/mol. The molecule has 0 radical (unpaired) electrons. The van der Waals surface area contributed by atoms with Gasteiger partial charge in [-0.25, -0.2) is 4.98 Å². The fraction of sp³-hybridized carbons (Fsp3) is 0.515. The van der Waals surface area contributed by atoms with Gasteiger partial charge in [-0.1, -0.05) is 31.2 Å². The van der Waals surface area contributed by atoms with Gasteiger partial charge < -0.3 is 19.0 Å². The Morgan fingerprint density at radius 3 is 2.61 bits per heavy atom. The van der Waals surface area contributed by atoms with E-state index in [1.165, 1.54) is 37.0 Å². The lowest BCUT2D eigenvalue weighted by molar-refractivity contribution is -0.142. The Balaban J connectivity index is 1.47. The number of carbonyl (C=O) groups is 1. The Morgan fingerprint density at radius 1 is 1.25 bits per heavy atom. The second-order valence-electron chi connectivity index (χ2n) is 12.7. The number of hydrogen-bond acceptors (Lipinski definition) is 9. The Hall–Kier alpha value is -3.38. The molecule has 4 heterocycles. The number of oxazole rings is 1. The number of methoxy groups -OCH3 is 1. The smallest absolute Gasteiger partial charge is 0.315 e. The number of benzene rings is 1. The van der Waals surface area contributed by atoms with Crippen LogP contribution in [-0.2, 0) is 26.2 Å². The lowest BCUT2D eigenvalue weighted by Crippen LogP contribution is -2.39. The van der Waals surface area contributed by atoms with Gasteiger partial charge in [0.05, 0.1) is 35.8 Å². The van der Waals surface area contributed by atoms with Gasteiger partial charge in [-0.2, -0.15) is 5.10 Å². The van der Waals surface area contributed by atoms with E-state index in [1.54, 1.807) is 18.0 Å². The summed E-state index contributed by atoms with van der Waals surface area (Å²) in [5.74, 6) is 0.386.